The van der Waals surface area contributed by atoms with Crippen LogP contribution in [0, 0.1) is 0 Å². The maximum Gasteiger partial charge on any atom is 0.270 e. The van der Waals surface area contributed by atoms with Gasteiger partial charge in [-0.15, -0.1) is 0 Å². The number of carbonyl (C=O) groups excluding carboxylic acids is 2. The van der Waals surface area contributed by atoms with E-state index in [2.05, 4.69) is 23.8 Å². The average Bonchev–Trinajstić information content (AvgIpc) is 3.38. The first-order chi connectivity index (χ1) is 13.5. The van der Waals surface area contributed by atoms with E-state index in [1.807, 2.05) is 39.6 Å². The van der Waals surface area contributed by atoms with Gasteiger partial charge in [-0.2, -0.15) is 0 Å². The standard InChI is InChI=1S/C21H29N5O2/c1-4-18(27)26-11-7-16-19(23-14-22-16)21(26)8-12-24(13-9-21)20(28)17-6-5-10-25(17)15(2)3/h5-6,10,14-15H,4,7-9,11-13H2,1-3H3,(H,22,23). The van der Waals surface area contributed by atoms with Crippen molar-refractivity contribution in [2.45, 2.75) is 58.0 Å². The number of H-pyrrole nitrogens is 1. The number of amides is 2. The maximum atomic E-state index is 13.1. The van der Waals surface area contributed by atoms with Gasteiger partial charge in [0.2, 0.25) is 5.91 Å². The molecule has 0 unspecified atom stereocenters. The summed E-state index contributed by atoms with van der Waals surface area (Å²) in [7, 11) is 0. The molecular weight excluding hydrogens is 354 g/mol. The SMILES string of the molecule is CCC(=O)N1CCc2[nH]cnc2C12CCN(C(=O)c1cccn1C(C)C)CC2. The minimum Gasteiger partial charge on any atom is -0.348 e. The van der Waals surface area contributed by atoms with Gasteiger partial charge in [-0.3, -0.25) is 9.59 Å². The molecule has 2 aromatic rings. The van der Waals surface area contributed by atoms with E-state index in [0.717, 1.165) is 36.3 Å². The van der Waals surface area contributed by atoms with Gasteiger partial charge in [0.05, 0.1) is 17.6 Å². The van der Waals surface area contributed by atoms with Gasteiger partial charge >= 0.3 is 0 Å². The second-order valence-corrected chi connectivity index (χ2v) is 8.10. The van der Waals surface area contributed by atoms with Crippen molar-refractivity contribution in [3.05, 3.63) is 41.7 Å². The summed E-state index contributed by atoms with van der Waals surface area (Å²) in [6, 6.07) is 4.07. The first-order valence-electron chi connectivity index (χ1n) is 10.3. The van der Waals surface area contributed by atoms with Crippen LogP contribution in [0.3, 0.4) is 0 Å². The van der Waals surface area contributed by atoms with Crippen LogP contribution in [0.4, 0.5) is 0 Å². The number of imidazole rings is 1. The highest BCUT2D eigenvalue weighted by Gasteiger charge is 2.48. The summed E-state index contributed by atoms with van der Waals surface area (Å²) in [6.07, 6.45) is 6.45. The third-order valence-electron chi connectivity index (χ3n) is 6.30. The molecule has 1 fully saturated rings. The summed E-state index contributed by atoms with van der Waals surface area (Å²) < 4.78 is 2.02. The number of hydrogen-bond acceptors (Lipinski definition) is 3. The van der Waals surface area contributed by atoms with Crippen molar-refractivity contribution in [3.8, 4) is 0 Å². The molecule has 0 aliphatic carbocycles. The maximum absolute atomic E-state index is 13.1. The van der Waals surface area contributed by atoms with Gasteiger partial charge in [0, 0.05) is 50.4 Å². The normalized spacial score (nSPS) is 18.6. The zero-order valence-corrected chi connectivity index (χ0v) is 16.9. The zero-order valence-electron chi connectivity index (χ0n) is 16.9. The van der Waals surface area contributed by atoms with Gasteiger partial charge in [0.15, 0.2) is 0 Å². The molecule has 1 spiro atoms. The highest BCUT2D eigenvalue weighted by Crippen LogP contribution is 2.42. The summed E-state index contributed by atoms with van der Waals surface area (Å²) in [5.74, 6) is 0.238. The number of aromatic amines is 1. The number of rotatable bonds is 3. The van der Waals surface area contributed by atoms with Crippen molar-refractivity contribution < 1.29 is 9.59 Å². The van der Waals surface area contributed by atoms with Crippen molar-refractivity contribution in [3.63, 3.8) is 0 Å². The summed E-state index contributed by atoms with van der Waals surface area (Å²) in [6.45, 7) is 8.04. The fourth-order valence-electron chi connectivity index (χ4n) is 4.81. The molecule has 7 nitrogen and oxygen atoms in total. The molecule has 0 aromatic carbocycles. The lowest BCUT2D eigenvalue weighted by atomic mass is 9.78. The molecule has 2 amide bonds. The highest BCUT2D eigenvalue weighted by atomic mass is 16.2. The van der Waals surface area contributed by atoms with Crippen molar-refractivity contribution in [1.29, 1.82) is 0 Å². The molecule has 7 heteroatoms. The van der Waals surface area contributed by atoms with Crippen LogP contribution in [0.2, 0.25) is 0 Å². The van der Waals surface area contributed by atoms with E-state index in [1.54, 1.807) is 6.33 Å². The van der Waals surface area contributed by atoms with Crippen molar-refractivity contribution in [1.82, 2.24) is 24.3 Å². The Morgan fingerprint density at radius 3 is 2.68 bits per heavy atom. The minimum atomic E-state index is -0.391. The van der Waals surface area contributed by atoms with E-state index < -0.39 is 5.54 Å². The van der Waals surface area contributed by atoms with Crippen molar-refractivity contribution in [2.24, 2.45) is 0 Å². The number of aromatic nitrogens is 3. The molecule has 150 valence electrons. The molecule has 0 saturated carbocycles. The number of piperidine rings is 1. The van der Waals surface area contributed by atoms with Crippen molar-refractivity contribution >= 4 is 11.8 Å². The Bertz CT molecular complexity index is 873. The molecule has 2 aromatic heterocycles. The average molecular weight is 383 g/mol. The minimum absolute atomic E-state index is 0.0694. The summed E-state index contributed by atoms with van der Waals surface area (Å²) in [5.41, 5.74) is 2.47. The first-order valence-corrected chi connectivity index (χ1v) is 10.3. The summed E-state index contributed by atoms with van der Waals surface area (Å²) in [4.78, 5) is 37.6. The summed E-state index contributed by atoms with van der Waals surface area (Å²) >= 11 is 0. The topological polar surface area (TPSA) is 74.2 Å². The van der Waals surface area contributed by atoms with Gasteiger partial charge in [0.25, 0.3) is 5.91 Å². The van der Waals surface area contributed by atoms with Gasteiger partial charge in [-0.1, -0.05) is 6.92 Å². The van der Waals surface area contributed by atoms with Crippen LogP contribution in [0.25, 0.3) is 0 Å². The third kappa shape index (κ3) is 2.84. The third-order valence-corrected chi connectivity index (χ3v) is 6.30. The van der Waals surface area contributed by atoms with Crippen LogP contribution < -0.4 is 0 Å². The number of carbonyl (C=O) groups is 2. The Kier molecular flexibility index (Phi) is 4.77. The van der Waals surface area contributed by atoms with Gasteiger partial charge in [-0.25, -0.2) is 4.98 Å². The lowest BCUT2D eigenvalue weighted by Crippen LogP contribution is -2.58. The van der Waals surface area contributed by atoms with Crippen LogP contribution in [0.15, 0.2) is 24.7 Å². The second kappa shape index (κ2) is 7.11. The first kappa shape index (κ1) is 18.8. The molecule has 2 aliphatic heterocycles. The van der Waals surface area contributed by atoms with Crippen molar-refractivity contribution in [2.75, 3.05) is 19.6 Å². The Labute approximate surface area is 165 Å². The molecule has 1 N–H and O–H groups in total. The predicted molar refractivity (Wildman–Crippen MR) is 106 cm³/mol. The molecule has 28 heavy (non-hydrogen) atoms. The second-order valence-electron chi connectivity index (χ2n) is 8.10. The van der Waals surface area contributed by atoms with E-state index in [0.29, 0.717) is 26.1 Å². The number of likely N-dealkylation sites (tertiary alicyclic amines) is 1. The lowest BCUT2D eigenvalue weighted by molar-refractivity contribution is -0.141. The fourth-order valence-corrected chi connectivity index (χ4v) is 4.81. The molecule has 0 atom stereocenters. The molecule has 4 rings (SSSR count). The van der Waals surface area contributed by atoms with Crippen LogP contribution in [-0.4, -0.2) is 55.8 Å². The van der Waals surface area contributed by atoms with Gasteiger partial charge in [0.1, 0.15) is 5.69 Å². The van der Waals surface area contributed by atoms with Crippen LogP contribution in [-0.2, 0) is 16.8 Å². The van der Waals surface area contributed by atoms with Gasteiger partial charge in [-0.05, 0) is 38.8 Å². The van der Waals surface area contributed by atoms with E-state index in [-0.39, 0.29) is 17.9 Å². The molecule has 1 saturated heterocycles. The Morgan fingerprint density at radius 2 is 2.00 bits per heavy atom. The molecule has 0 bridgehead atoms. The highest BCUT2D eigenvalue weighted by molar-refractivity contribution is 5.93. The molecular formula is C21H29N5O2. The number of nitrogens with zero attached hydrogens (tertiary/aromatic N) is 4. The fraction of sp³-hybridized carbons (Fsp3) is 0.571. The Balaban J connectivity index is 1.59. The number of nitrogens with one attached hydrogen (secondary N) is 1. The van der Waals surface area contributed by atoms with Gasteiger partial charge < -0.3 is 19.4 Å². The predicted octanol–water partition coefficient (Wildman–Crippen LogP) is 2.72. The largest absolute Gasteiger partial charge is 0.348 e. The van der Waals surface area contributed by atoms with E-state index in [4.69, 9.17) is 0 Å². The van der Waals surface area contributed by atoms with E-state index in [1.165, 1.54) is 0 Å². The van der Waals surface area contributed by atoms with E-state index >= 15 is 0 Å². The summed E-state index contributed by atoms with van der Waals surface area (Å²) in [5, 5.41) is 0. The quantitative estimate of drug-likeness (QED) is 0.886. The lowest BCUT2D eigenvalue weighted by Gasteiger charge is -2.50. The number of fused-ring (bicyclic) bond motifs is 2. The Morgan fingerprint density at radius 1 is 1.25 bits per heavy atom. The Hall–Kier alpha value is -2.57. The van der Waals surface area contributed by atoms with E-state index in [9.17, 15) is 9.59 Å². The zero-order chi connectivity index (χ0) is 19.9. The smallest absolute Gasteiger partial charge is 0.270 e. The van der Waals surface area contributed by atoms with Crippen LogP contribution >= 0.6 is 0 Å². The molecule has 4 heterocycles. The van der Waals surface area contributed by atoms with Crippen LogP contribution in [0.5, 0.6) is 0 Å². The van der Waals surface area contributed by atoms with Crippen LogP contribution in [0.1, 0.15) is 68.0 Å². The number of hydrogen-bond donors (Lipinski definition) is 1. The molecule has 2 aliphatic rings. The molecule has 0 radical (unpaired) electrons. The monoisotopic (exact) mass is 383 g/mol.